The maximum Gasteiger partial charge on any atom is 0.358 e. The number of esters is 1. The number of nitrogens with zero attached hydrogens (tertiary/aromatic N) is 2. The van der Waals surface area contributed by atoms with Crippen LogP contribution in [0, 0.1) is 51.4 Å². The smallest absolute Gasteiger partial charge is 0.358 e. The van der Waals surface area contributed by atoms with Crippen molar-refractivity contribution in [2.45, 2.75) is 156 Å². The number of ether oxygens (including phenoxy) is 4. The lowest BCUT2D eigenvalue weighted by Crippen LogP contribution is -2.33. The van der Waals surface area contributed by atoms with E-state index < -0.39 is 35.6 Å². The third-order valence-corrected chi connectivity index (χ3v) is 13.4. The van der Waals surface area contributed by atoms with E-state index >= 15 is 0 Å². The van der Waals surface area contributed by atoms with Crippen LogP contribution in [-0.2, 0) is 70.3 Å². The van der Waals surface area contributed by atoms with Gasteiger partial charge in [0.25, 0.3) is 23.6 Å². The molecule has 16 nitrogen and oxygen atoms in total. The summed E-state index contributed by atoms with van der Waals surface area (Å²) in [7, 11) is 1.44. The molecular formula is C71H87N3O13. The maximum absolute atomic E-state index is 11.6. The van der Waals surface area contributed by atoms with Crippen molar-refractivity contribution in [1.82, 2.24) is 10.1 Å². The van der Waals surface area contributed by atoms with Crippen molar-refractivity contribution in [3.05, 3.63) is 166 Å². The highest BCUT2D eigenvalue weighted by Gasteiger charge is 2.33. The van der Waals surface area contributed by atoms with Gasteiger partial charge in [-0.1, -0.05) is 144 Å². The van der Waals surface area contributed by atoms with Crippen LogP contribution in [0.25, 0.3) is 0 Å². The van der Waals surface area contributed by atoms with Gasteiger partial charge in [0, 0.05) is 68.2 Å². The summed E-state index contributed by atoms with van der Waals surface area (Å²) in [6.07, 6.45) is 15.7. The van der Waals surface area contributed by atoms with E-state index in [1.807, 2.05) is 55.5 Å². The van der Waals surface area contributed by atoms with Gasteiger partial charge in [0.2, 0.25) is 0 Å². The number of benzene rings is 5. The predicted octanol–water partition coefficient (Wildman–Crippen LogP) is 12.3. The standard InChI is InChI=1S/C23H25N.C17H21NO7.C17H21NO4.C14H20O2/c1-20-12-14-21(15-13-20)10-8-6-4-2-3-5-7-9-11-22-16-18-23(24)19-17-22;1-13-2-4-14(5-3-13)24-11-10-22-8-9-23-12-17(21)25-18-15(19)6-7-16(18)20;1-13-7-9-14(10-8-13)5-3-2-4-6-17(21)22-18-15(19)11-12-16(18)20;1-12-8-10-13(11-9-12)6-4-3-5-7-14(15)16-2/h12-19H,2-7,24H2,1H3;2-5H,6-12H2,1H3;7-10H,2-6,11-12H2,1H3;8-11H,3-7H2,1-2H3. The first kappa shape index (κ1) is 70.9. The minimum absolute atomic E-state index is 0.0610. The van der Waals surface area contributed by atoms with Crippen molar-refractivity contribution >= 4 is 47.2 Å². The van der Waals surface area contributed by atoms with Gasteiger partial charge in [-0.2, -0.15) is 0 Å². The highest BCUT2D eigenvalue weighted by Crippen LogP contribution is 2.17. The Labute approximate surface area is 514 Å². The summed E-state index contributed by atoms with van der Waals surface area (Å²) in [6.45, 7) is 9.16. The van der Waals surface area contributed by atoms with Crippen molar-refractivity contribution in [2.24, 2.45) is 0 Å². The molecule has 0 atom stereocenters. The van der Waals surface area contributed by atoms with Crippen LogP contribution in [0.4, 0.5) is 5.69 Å². The number of nitrogens with two attached hydrogens (primary N) is 1. The molecule has 0 radical (unpaired) electrons. The topological polar surface area (TPSA) is 207 Å². The van der Waals surface area contributed by atoms with Crippen molar-refractivity contribution in [1.29, 1.82) is 0 Å². The van der Waals surface area contributed by atoms with E-state index in [-0.39, 0.29) is 57.9 Å². The second-order valence-electron chi connectivity index (χ2n) is 21.1. The maximum atomic E-state index is 11.6. The van der Waals surface area contributed by atoms with E-state index in [4.69, 9.17) is 24.8 Å². The van der Waals surface area contributed by atoms with Gasteiger partial charge in [-0.15, -0.1) is 10.1 Å². The van der Waals surface area contributed by atoms with Gasteiger partial charge in [0.1, 0.15) is 19.0 Å². The molecule has 0 spiro atoms. The molecule has 5 aromatic carbocycles. The number of aryl methyl sites for hydroxylation is 6. The number of rotatable bonds is 28. The number of hydrogen-bond acceptors (Lipinski definition) is 14. The molecule has 0 aliphatic carbocycles. The molecule has 0 unspecified atom stereocenters. The van der Waals surface area contributed by atoms with Gasteiger partial charge in [-0.05, 0) is 139 Å². The molecule has 2 aliphatic heterocycles. The van der Waals surface area contributed by atoms with E-state index in [9.17, 15) is 33.6 Å². The minimum atomic E-state index is -0.800. The molecule has 0 aromatic heterocycles. The molecule has 0 saturated carbocycles. The van der Waals surface area contributed by atoms with Gasteiger partial charge in [-0.25, -0.2) is 9.59 Å². The minimum Gasteiger partial charge on any atom is -0.491 e. The first-order valence-electron chi connectivity index (χ1n) is 30.1. The van der Waals surface area contributed by atoms with Gasteiger partial charge < -0.3 is 34.4 Å². The Morgan fingerprint density at radius 3 is 1.28 bits per heavy atom. The quantitative estimate of drug-likeness (QED) is 0.0163. The summed E-state index contributed by atoms with van der Waals surface area (Å²) < 4.78 is 20.5. The molecule has 16 heteroatoms. The van der Waals surface area contributed by atoms with E-state index in [0.29, 0.717) is 36.2 Å². The number of hydroxylamine groups is 4. The number of nitrogen functional groups attached to an aromatic ring is 1. The second kappa shape index (κ2) is 42.3. The number of unbranched alkanes of at least 4 members (excludes halogenated alkanes) is 9. The van der Waals surface area contributed by atoms with Gasteiger partial charge >= 0.3 is 17.9 Å². The molecule has 87 heavy (non-hydrogen) atoms. The van der Waals surface area contributed by atoms with Crippen molar-refractivity contribution in [3.8, 4) is 29.4 Å². The number of anilines is 1. The van der Waals surface area contributed by atoms with Gasteiger partial charge in [-0.3, -0.25) is 24.0 Å². The SMILES string of the molecule is COC(=O)CCCCCc1ccc(C)cc1.Cc1ccc(C#CCCCCCCC#Cc2ccc(N)cc2)cc1.Cc1ccc(CCCCCC(=O)ON2C(=O)CCC2=O)cc1.Cc1ccc(OCCOCCOCC(=O)ON2C(=O)CCC2=O)cc1. The van der Waals surface area contributed by atoms with Crippen LogP contribution in [0.2, 0.25) is 0 Å². The van der Waals surface area contributed by atoms with E-state index in [1.165, 1.54) is 54.2 Å². The Balaban J connectivity index is 0.000000251. The molecule has 5 aromatic rings. The fourth-order valence-electron chi connectivity index (χ4n) is 8.29. The molecule has 2 N–H and O–H groups in total. The summed E-state index contributed by atoms with van der Waals surface area (Å²) in [5.41, 5.74) is 16.2. The number of carbonyl (C=O) groups is 7. The van der Waals surface area contributed by atoms with E-state index in [2.05, 4.69) is 127 Å². The molecule has 464 valence electrons. The fourth-order valence-corrected chi connectivity index (χ4v) is 8.29. The zero-order valence-corrected chi connectivity index (χ0v) is 51.5. The average molecular weight is 1190 g/mol. The van der Waals surface area contributed by atoms with Crippen LogP contribution >= 0.6 is 0 Å². The molecular weight excluding hydrogens is 1100 g/mol. The average Bonchev–Trinajstić information content (AvgIpc) is 3.79. The lowest BCUT2D eigenvalue weighted by atomic mass is 10.1. The van der Waals surface area contributed by atoms with Crippen LogP contribution in [0.15, 0.2) is 121 Å². The third-order valence-electron chi connectivity index (χ3n) is 13.4. The number of imide groups is 2. The highest BCUT2D eigenvalue weighted by molar-refractivity contribution is 6.02. The Morgan fingerprint density at radius 2 is 0.816 bits per heavy atom. The van der Waals surface area contributed by atoms with Crippen LogP contribution in [-0.4, -0.2) is 91.8 Å². The van der Waals surface area contributed by atoms with Crippen LogP contribution in [0.5, 0.6) is 5.75 Å². The summed E-state index contributed by atoms with van der Waals surface area (Å²) in [6, 6.07) is 40.9. The van der Waals surface area contributed by atoms with Crippen molar-refractivity contribution in [3.63, 3.8) is 0 Å². The lowest BCUT2D eigenvalue weighted by molar-refractivity contribution is -0.200. The van der Waals surface area contributed by atoms with E-state index in [1.54, 1.807) is 0 Å². The Bertz CT molecular complexity index is 2910. The lowest BCUT2D eigenvalue weighted by Gasteiger charge is -2.12. The first-order valence-corrected chi connectivity index (χ1v) is 30.1. The number of methoxy groups -OCH3 is 1. The summed E-state index contributed by atoms with van der Waals surface area (Å²) in [5.74, 6) is 10.4. The third kappa shape index (κ3) is 31.9. The second-order valence-corrected chi connectivity index (χ2v) is 21.1. The first-order chi connectivity index (χ1) is 42.1. The molecule has 7 rings (SSSR count). The van der Waals surface area contributed by atoms with Crippen molar-refractivity contribution in [2.75, 3.05) is 45.9 Å². The van der Waals surface area contributed by atoms with Crippen LogP contribution in [0.1, 0.15) is 160 Å². The molecule has 2 fully saturated rings. The predicted molar refractivity (Wildman–Crippen MR) is 335 cm³/mol. The molecule has 0 bridgehead atoms. The number of carbonyl (C=O) groups excluding carboxylic acids is 7. The monoisotopic (exact) mass is 1190 g/mol. The highest BCUT2D eigenvalue weighted by atomic mass is 16.7. The summed E-state index contributed by atoms with van der Waals surface area (Å²) >= 11 is 0. The Hall–Kier alpha value is -8.57. The van der Waals surface area contributed by atoms with Crippen LogP contribution < -0.4 is 10.5 Å². The summed E-state index contributed by atoms with van der Waals surface area (Å²) in [5, 5.41) is 1.10. The fraction of sp³-hybridized carbons (Fsp3) is 0.423. The largest absolute Gasteiger partial charge is 0.491 e. The molecule has 2 heterocycles. The molecule has 2 saturated heterocycles. The summed E-state index contributed by atoms with van der Waals surface area (Å²) in [4.78, 5) is 88.5. The molecule has 2 aliphatic rings. The zero-order chi connectivity index (χ0) is 62.9. The Morgan fingerprint density at radius 1 is 0.437 bits per heavy atom. The normalized spacial score (nSPS) is 12.2. The van der Waals surface area contributed by atoms with Crippen LogP contribution in [0.3, 0.4) is 0 Å². The van der Waals surface area contributed by atoms with Crippen molar-refractivity contribution < 1.29 is 62.2 Å². The Kier molecular flexibility index (Phi) is 34.5. The number of amides is 4. The number of hydrogen-bond donors (Lipinski definition) is 1. The van der Waals surface area contributed by atoms with Gasteiger partial charge in [0.15, 0.2) is 0 Å². The zero-order valence-electron chi connectivity index (χ0n) is 51.5. The van der Waals surface area contributed by atoms with Gasteiger partial charge in [0.05, 0.1) is 26.9 Å². The van der Waals surface area contributed by atoms with E-state index in [0.717, 1.165) is 92.3 Å². The molecule has 4 amide bonds.